The van der Waals surface area contributed by atoms with Gasteiger partial charge >= 0.3 is 17.9 Å². The number of unbranched alkanes of at least 4 members (excludes halogenated alkanes) is 25. The fourth-order valence-corrected chi connectivity index (χ4v) is 7.33. The molecule has 6 nitrogen and oxygen atoms in total. The van der Waals surface area contributed by atoms with Crippen molar-refractivity contribution in [2.45, 2.75) is 258 Å². The van der Waals surface area contributed by atoms with Crippen LogP contribution in [0, 0.1) is 0 Å². The van der Waals surface area contributed by atoms with Crippen molar-refractivity contribution in [3.63, 3.8) is 0 Å². The summed E-state index contributed by atoms with van der Waals surface area (Å²) in [7, 11) is 0. The monoisotopic (exact) mass is 905 g/mol. The maximum absolute atomic E-state index is 12.8. The SMILES string of the molecule is CC\C=C/C=C\C=C/CCCCCCCCCC(=O)OC(COC(=O)CCC/C=C\C/C=C\C/C=C\CCCCCCCC)COC(=O)CCCCCCCCC/C=C\CCCCCC. The first-order valence-corrected chi connectivity index (χ1v) is 27.1. The average molecular weight is 905 g/mol. The number of carbonyl (C=O) groups excluding carboxylic acids is 3. The fraction of sp³-hybridized carbons (Fsp3) is 0.712. The minimum Gasteiger partial charge on any atom is -0.462 e. The number of allylic oxidation sites excluding steroid dienone is 14. The molecule has 1 atom stereocenters. The number of carbonyl (C=O) groups is 3. The van der Waals surface area contributed by atoms with Crippen molar-refractivity contribution in [1.29, 1.82) is 0 Å². The molecule has 372 valence electrons. The topological polar surface area (TPSA) is 78.9 Å². The van der Waals surface area contributed by atoms with Crippen LogP contribution in [0.2, 0.25) is 0 Å². The van der Waals surface area contributed by atoms with E-state index in [1.807, 2.05) is 0 Å². The molecule has 65 heavy (non-hydrogen) atoms. The number of rotatable bonds is 48. The van der Waals surface area contributed by atoms with Gasteiger partial charge < -0.3 is 14.2 Å². The van der Waals surface area contributed by atoms with Gasteiger partial charge in [-0.3, -0.25) is 14.4 Å². The largest absolute Gasteiger partial charge is 0.462 e. The van der Waals surface area contributed by atoms with Crippen LogP contribution in [-0.2, 0) is 28.6 Å². The van der Waals surface area contributed by atoms with Crippen molar-refractivity contribution in [1.82, 2.24) is 0 Å². The van der Waals surface area contributed by atoms with Gasteiger partial charge in [-0.25, -0.2) is 0 Å². The lowest BCUT2D eigenvalue weighted by Crippen LogP contribution is -2.30. The Hall–Kier alpha value is -3.41. The number of esters is 3. The van der Waals surface area contributed by atoms with Crippen LogP contribution in [-0.4, -0.2) is 37.2 Å². The van der Waals surface area contributed by atoms with E-state index in [1.165, 1.54) is 128 Å². The van der Waals surface area contributed by atoms with Crippen LogP contribution in [0.15, 0.2) is 85.1 Å². The lowest BCUT2D eigenvalue weighted by molar-refractivity contribution is -0.167. The molecule has 0 bridgehead atoms. The van der Waals surface area contributed by atoms with E-state index in [-0.39, 0.29) is 37.5 Å². The van der Waals surface area contributed by atoms with Crippen LogP contribution >= 0.6 is 0 Å². The molecule has 0 fully saturated rings. The van der Waals surface area contributed by atoms with E-state index in [9.17, 15) is 14.4 Å². The van der Waals surface area contributed by atoms with Crippen LogP contribution in [0.3, 0.4) is 0 Å². The molecule has 0 saturated heterocycles. The summed E-state index contributed by atoms with van der Waals surface area (Å²) in [6.45, 7) is 6.44. The maximum Gasteiger partial charge on any atom is 0.306 e. The van der Waals surface area contributed by atoms with Gasteiger partial charge in [0.25, 0.3) is 0 Å². The number of hydrogen-bond donors (Lipinski definition) is 0. The predicted octanol–water partition coefficient (Wildman–Crippen LogP) is 18.0. The number of hydrogen-bond acceptors (Lipinski definition) is 6. The van der Waals surface area contributed by atoms with Gasteiger partial charge in [0.15, 0.2) is 6.10 Å². The highest BCUT2D eigenvalue weighted by molar-refractivity contribution is 5.71. The Morgan fingerprint density at radius 3 is 1.15 bits per heavy atom. The first kappa shape index (κ1) is 61.6. The fourth-order valence-electron chi connectivity index (χ4n) is 7.33. The lowest BCUT2D eigenvalue weighted by Gasteiger charge is -2.18. The average Bonchev–Trinajstić information content (AvgIpc) is 3.30. The quantitative estimate of drug-likeness (QED) is 0.0199. The Balaban J connectivity index is 4.48. The highest BCUT2D eigenvalue weighted by atomic mass is 16.6. The van der Waals surface area contributed by atoms with Gasteiger partial charge in [0.2, 0.25) is 0 Å². The summed E-state index contributed by atoms with van der Waals surface area (Å²) in [4.78, 5) is 38.0. The number of ether oxygens (including phenoxy) is 3. The normalized spacial score (nSPS) is 12.7. The molecule has 0 aromatic carbocycles. The summed E-state index contributed by atoms with van der Waals surface area (Å²) in [5, 5.41) is 0. The third-order valence-corrected chi connectivity index (χ3v) is 11.4. The summed E-state index contributed by atoms with van der Waals surface area (Å²) in [6, 6.07) is 0. The second-order valence-electron chi connectivity index (χ2n) is 17.8. The molecule has 0 aromatic rings. The Kier molecular flexibility index (Phi) is 50.4. The molecule has 0 spiro atoms. The predicted molar refractivity (Wildman–Crippen MR) is 279 cm³/mol. The molecule has 0 amide bonds. The van der Waals surface area contributed by atoms with Gasteiger partial charge in [0.05, 0.1) is 0 Å². The summed E-state index contributed by atoms with van der Waals surface area (Å²) in [5.41, 5.74) is 0. The summed E-state index contributed by atoms with van der Waals surface area (Å²) >= 11 is 0. The smallest absolute Gasteiger partial charge is 0.306 e. The first-order chi connectivity index (χ1) is 32.0. The zero-order valence-corrected chi connectivity index (χ0v) is 42.5. The molecule has 0 rings (SSSR count). The highest BCUT2D eigenvalue weighted by Crippen LogP contribution is 2.14. The Bertz CT molecular complexity index is 1270. The van der Waals surface area contributed by atoms with E-state index in [2.05, 4.69) is 106 Å². The summed E-state index contributed by atoms with van der Waals surface area (Å²) in [5.74, 6) is -0.969. The Morgan fingerprint density at radius 2 is 0.677 bits per heavy atom. The van der Waals surface area contributed by atoms with Crippen LogP contribution in [0.1, 0.15) is 252 Å². The molecule has 0 radical (unpaired) electrons. The molecule has 0 saturated carbocycles. The van der Waals surface area contributed by atoms with Gasteiger partial charge in [-0.2, -0.15) is 0 Å². The molecule has 0 N–H and O–H groups in total. The van der Waals surface area contributed by atoms with Crippen molar-refractivity contribution in [3.05, 3.63) is 85.1 Å². The van der Waals surface area contributed by atoms with E-state index < -0.39 is 6.10 Å². The molecule has 0 heterocycles. The zero-order valence-electron chi connectivity index (χ0n) is 42.5. The van der Waals surface area contributed by atoms with Crippen molar-refractivity contribution >= 4 is 17.9 Å². The van der Waals surface area contributed by atoms with Crippen LogP contribution < -0.4 is 0 Å². The van der Waals surface area contributed by atoms with Crippen LogP contribution in [0.5, 0.6) is 0 Å². The van der Waals surface area contributed by atoms with Gasteiger partial charge in [-0.1, -0.05) is 221 Å². The second-order valence-corrected chi connectivity index (χ2v) is 17.8. The lowest BCUT2D eigenvalue weighted by atomic mass is 10.1. The van der Waals surface area contributed by atoms with Crippen molar-refractivity contribution in [2.75, 3.05) is 13.2 Å². The Labute approximate surface area is 401 Å². The van der Waals surface area contributed by atoms with Crippen LogP contribution in [0.4, 0.5) is 0 Å². The van der Waals surface area contributed by atoms with Crippen molar-refractivity contribution in [2.24, 2.45) is 0 Å². The van der Waals surface area contributed by atoms with Crippen molar-refractivity contribution in [3.8, 4) is 0 Å². The minimum absolute atomic E-state index is 0.0996. The van der Waals surface area contributed by atoms with Gasteiger partial charge in [0, 0.05) is 19.3 Å². The molecule has 0 aliphatic heterocycles. The first-order valence-electron chi connectivity index (χ1n) is 27.1. The standard InChI is InChI=1S/C59H100O6/c1-4-7-10-13-16-19-22-25-28-29-32-34-37-40-43-46-49-52-58(61)64-55-56(65-59(62)53-50-47-44-41-38-35-31-27-24-21-18-15-12-9-6-3)54-63-57(60)51-48-45-42-39-36-33-30-26-23-20-17-14-11-8-5-2/h9,12,15,18,20-21,23-25,28,32,34,40,43,56H,4-8,10-11,13-14,16-17,19,22,26-27,29-31,33,35-39,41-42,44-55H2,1-3H3/b12-9-,18-15-,23-20-,24-21-,28-25-,34-32-,43-40-. The van der Waals surface area contributed by atoms with Gasteiger partial charge in [0.1, 0.15) is 13.2 Å². The van der Waals surface area contributed by atoms with E-state index >= 15 is 0 Å². The molecule has 1 unspecified atom stereocenters. The zero-order chi connectivity index (χ0) is 47.2. The highest BCUT2D eigenvalue weighted by Gasteiger charge is 2.19. The maximum atomic E-state index is 12.8. The summed E-state index contributed by atoms with van der Waals surface area (Å²) < 4.78 is 16.8. The third kappa shape index (κ3) is 51.4. The van der Waals surface area contributed by atoms with Gasteiger partial charge in [-0.15, -0.1) is 0 Å². The molecule has 0 aromatic heterocycles. The molecular formula is C59H100O6. The minimum atomic E-state index is -0.805. The van der Waals surface area contributed by atoms with E-state index in [4.69, 9.17) is 14.2 Å². The molecular weight excluding hydrogens is 805 g/mol. The molecule has 6 heteroatoms. The van der Waals surface area contributed by atoms with E-state index in [1.54, 1.807) is 0 Å². The third-order valence-electron chi connectivity index (χ3n) is 11.4. The second kappa shape index (κ2) is 53.2. The van der Waals surface area contributed by atoms with E-state index in [0.29, 0.717) is 19.3 Å². The summed E-state index contributed by atoms with van der Waals surface area (Å²) in [6.07, 6.45) is 68.6. The van der Waals surface area contributed by atoms with Crippen LogP contribution in [0.25, 0.3) is 0 Å². The van der Waals surface area contributed by atoms with E-state index in [0.717, 1.165) is 77.0 Å². The van der Waals surface area contributed by atoms with Crippen molar-refractivity contribution < 1.29 is 28.6 Å². The Morgan fingerprint density at radius 1 is 0.338 bits per heavy atom. The van der Waals surface area contributed by atoms with Gasteiger partial charge in [-0.05, 0) is 96.3 Å². The molecule has 0 aliphatic rings. The molecule has 0 aliphatic carbocycles.